The van der Waals surface area contributed by atoms with E-state index >= 15 is 0 Å². The number of aromatic nitrogens is 1. The van der Waals surface area contributed by atoms with Gasteiger partial charge in [0.1, 0.15) is 5.82 Å². The first-order valence-electron chi connectivity index (χ1n) is 5.87. The summed E-state index contributed by atoms with van der Waals surface area (Å²) in [6, 6.07) is 3.82. The summed E-state index contributed by atoms with van der Waals surface area (Å²) in [5.74, 6) is 1.13. The molecule has 1 aromatic rings. The maximum absolute atomic E-state index is 10.0. The van der Waals surface area contributed by atoms with Crippen LogP contribution in [0.2, 0.25) is 0 Å². The van der Waals surface area contributed by atoms with Crippen LogP contribution < -0.4 is 5.32 Å². The average Bonchev–Trinajstić information content (AvgIpc) is 2.39. The Bertz CT molecular complexity index is 339. The molecular formula is C12H17BrN2O2. The van der Waals surface area contributed by atoms with Crippen LogP contribution >= 0.6 is 15.9 Å². The van der Waals surface area contributed by atoms with Crippen LogP contribution in [0, 0.1) is 5.92 Å². The molecule has 94 valence electrons. The zero-order valence-corrected chi connectivity index (χ0v) is 11.2. The molecule has 1 unspecified atom stereocenters. The van der Waals surface area contributed by atoms with Crippen molar-refractivity contribution in [2.45, 2.75) is 18.9 Å². The average molecular weight is 301 g/mol. The highest BCUT2D eigenvalue weighted by atomic mass is 79.9. The van der Waals surface area contributed by atoms with E-state index in [1.807, 2.05) is 12.1 Å². The third-order valence-electron chi connectivity index (χ3n) is 3.03. The van der Waals surface area contributed by atoms with E-state index in [-0.39, 0.29) is 6.10 Å². The maximum Gasteiger partial charge on any atom is 0.126 e. The molecule has 5 heteroatoms. The van der Waals surface area contributed by atoms with Crippen molar-refractivity contribution in [1.82, 2.24) is 4.98 Å². The predicted molar refractivity (Wildman–Crippen MR) is 70.0 cm³/mol. The predicted octanol–water partition coefficient (Wildman–Crippen LogP) is 2.04. The van der Waals surface area contributed by atoms with Gasteiger partial charge in [0.15, 0.2) is 0 Å². The molecule has 4 nitrogen and oxygen atoms in total. The van der Waals surface area contributed by atoms with Crippen LogP contribution in [-0.4, -0.2) is 36.0 Å². The molecule has 0 amide bonds. The molecule has 1 atom stereocenters. The topological polar surface area (TPSA) is 54.4 Å². The van der Waals surface area contributed by atoms with E-state index in [2.05, 4.69) is 26.2 Å². The highest BCUT2D eigenvalue weighted by Gasteiger charge is 2.21. The van der Waals surface area contributed by atoms with Gasteiger partial charge in [-0.05, 0) is 46.8 Å². The van der Waals surface area contributed by atoms with E-state index < -0.39 is 0 Å². The minimum Gasteiger partial charge on any atom is -0.391 e. The molecule has 0 aliphatic carbocycles. The number of aliphatic hydroxyl groups is 1. The van der Waals surface area contributed by atoms with Crippen molar-refractivity contribution in [2.75, 3.05) is 25.1 Å². The van der Waals surface area contributed by atoms with E-state index in [0.29, 0.717) is 12.5 Å². The third-order valence-corrected chi connectivity index (χ3v) is 3.50. The van der Waals surface area contributed by atoms with Crippen molar-refractivity contribution in [3.05, 3.63) is 22.8 Å². The first kappa shape index (κ1) is 12.8. The Labute approximate surface area is 110 Å². The normalized spacial score (nSPS) is 18.9. The quantitative estimate of drug-likeness (QED) is 0.893. The van der Waals surface area contributed by atoms with Gasteiger partial charge in [0.2, 0.25) is 0 Å². The summed E-state index contributed by atoms with van der Waals surface area (Å²) >= 11 is 3.33. The minimum absolute atomic E-state index is 0.329. The molecule has 1 fully saturated rings. The Morgan fingerprint density at radius 1 is 1.47 bits per heavy atom. The number of nitrogens with one attached hydrogen (secondary N) is 1. The molecule has 2 N–H and O–H groups in total. The monoisotopic (exact) mass is 300 g/mol. The molecule has 2 heterocycles. The largest absolute Gasteiger partial charge is 0.391 e. The van der Waals surface area contributed by atoms with Gasteiger partial charge in [-0.25, -0.2) is 4.98 Å². The second-order valence-electron chi connectivity index (χ2n) is 4.26. The van der Waals surface area contributed by atoms with Crippen LogP contribution in [0.15, 0.2) is 22.8 Å². The van der Waals surface area contributed by atoms with Crippen molar-refractivity contribution >= 4 is 21.7 Å². The Morgan fingerprint density at radius 3 is 2.88 bits per heavy atom. The summed E-state index contributed by atoms with van der Waals surface area (Å²) in [6.07, 6.45) is 3.29. The van der Waals surface area contributed by atoms with Crippen molar-refractivity contribution in [3.8, 4) is 0 Å². The van der Waals surface area contributed by atoms with Crippen LogP contribution in [0.5, 0.6) is 0 Å². The van der Waals surface area contributed by atoms with E-state index in [1.54, 1.807) is 6.20 Å². The number of hydrogen-bond acceptors (Lipinski definition) is 4. The minimum atomic E-state index is -0.329. The lowest BCUT2D eigenvalue weighted by Crippen LogP contribution is -2.32. The van der Waals surface area contributed by atoms with Gasteiger partial charge in [0.25, 0.3) is 0 Å². The SMILES string of the molecule is OC(CNc1ccc(Br)cn1)C1CCOCC1. The lowest BCUT2D eigenvalue weighted by molar-refractivity contribution is 0.0131. The zero-order chi connectivity index (χ0) is 12.1. The zero-order valence-electron chi connectivity index (χ0n) is 9.60. The molecule has 0 radical (unpaired) electrons. The van der Waals surface area contributed by atoms with Crippen LogP contribution in [0.4, 0.5) is 5.82 Å². The fraction of sp³-hybridized carbons (Fsp3) is 0.583. The standard InChI is InChI=1S/C12H17BrN2O2/c13-10-1-2-12(14-7-10)15-8-11(16)9-3-5-17-6-4-9/h1-2,7,9,11,16H,3-6,8H2,(H,14,15). The van der Waals surface area contributed by atoms with Crippen molar-refractivity contribution in [2.24, 2.45) is 5.92 Å². The van der Waals surface area contributed by atoms with E-state index in [4.69, 9.17) is 4.74 Å². The molecule has 0 saturated carbocycles. The number of aliphatic hydroxyl groups excluding tert-OH is 1. The molecule has 1 aliphatic rings. The van der Waals surface area contributed by atoms with Gasteiger partial charge in [-0.1, -0.05) is 0 Å². The maximum atomic E-state index is 10.0. The van der Waals surface area contributed by atoms with Crippen molar-refractivity contribution in [1.29, 1.82) is 0 Å². The molecule has 0 bridgehead atoms. The number of halogens is 1. The van der Waals surface area contributed by atoms with Gasteiger partial charge in [0.05, 0.1) is 6.10 Å². The third kappa shape index (κ3) is 3.94. The van der Waals surface area contributed by atoms with Gasteiger partial charge >= 0.3 is 0 Å². The van der Waals surface area contributed by atoms with Gasteiger partial charge in [0, 0.05) is 30.4 Å². The van der Waals surface area contributed by atoms with E-state index in [9.17, 15) is 5.11 Å². The second kappa shape index (κ2) is 6.33. The first-order chi connectivity index (χ1) is 8.25. The summed E-state index contributed by atoms with van der Waals surface area (Å²) in [5.41, 5.74) is 0. The summed E-state index contributed by atoms with van der Waals surface area (Å²) in [6.45, 7) is 2.07. The number of anilines is 1. The summed E-state index contributed by atoms with van der Waals surface area (Å²) < 4.78 is 6.23. The second-order valence-corrected chi connectivity index (χ2v) is 5.18. The lowest BCUT2D eigenvalue weighted by Gasteiger charge is -2.26. The summed E-state index contributed by atoms with van der Waals surface area (Å²) in [7, 11) is 0. The van der Waals surface area contributed by atoms with E-state index in [1.165, 1.54) is 0 Å². The van der Waals surface area contributed by atoms with Gasteiger partial charge in [-0.15, -0.1) is 0 Å². The molecule has 0 spiro atoms. The Kier molecular flexibility index (Phi) is 4.76. The van der Waals surface area contributed by atoms with Crippen molar-refractivity contribution in [3.63, 3.8) is 0 Å². The molecule has 1 aromatic heterocycles. The molecule has 0 aromatic carbocycles. The number of nitrogens with zero attached hydrogens (tertiary/aromatic N) is 1. The van der Waals surface area contributed by atoms with E-state index in [0.717, 1.165) is 36.3 Å². The van der Waals surface area contributed by atoms with Gasteiger partial charge in [-0.3, -0.25) is 0 Å². The summed E-state index contributed by atoms with van der Waals surface area (Å²) in [4.78, 5) is 4.20. The molecule has 1 aliphatic heterocycles. The highest BCUT2D eigenvalue weighted by molar-refractivity contribution is 9.10. The van der Waals surface area contributed by atoms with Gasteiger partial charge in [-0.2, -0.15) is 0 Å². The van der Waals surface area contributed by atoms with Crippen LogP contribution in [0.3, 0.4) is 0 Å². The van der Waals surface area contributed by atoms with Crippen LogP contribution in [0.25, 0.3) is 0 Å². The molecule has 2 rings (SSSR count). The lowest BCUT2D eigenvalue weighted by atomic mass is 9.94. The first-order valence-corrected chi connectivity index (χ1v) is 6.66. The van der Waals surface area contributed by atoms with Crippen LogP contribution in [0.1, 0.15) is 12.8 Å². The highest BCUT2D eigenvalue weighted by Crippen LogP contribution is 2.19. The van der Waals surface area contributed by atoms with Crippen LogP contribution in [-0.2, 0) is 4.74 Å². The van der Waals surface area contributed by atoms with Crippen molar-refractivity contribution < 1.29 is 9.84 Å². The number of pyridine rings is 1. The molecule has 1 saturated heterocycles. The number of ether oxygens (including phenoxy) is 1. The Balaban J connectivity index is 1.78. The summed E-state index contributed by atoms with van der Waals surface area (Å²) in [5, 5.41) is 13.2. The molecular weight excluding hydrogens is 284 g/mol. The Morgan fingerprint density at radius 2 is 2.24 bits per heavy atom. The molecule has 17 heavy (non-hydrogen) atoms. The van der Waals surface area contributed by atoms with Gasteiger partial charge < -0.3 is 15.2 Å². The fourth-order valence-electron chi connectivity index (χ4n) is 1.96. The number of rotatable bonds is 4. The smallest absolute Gasteiger partial charge is 0.126 e. The fourth-order valence-corrected chi connectivity index (χ4v) is 2.19. The Hall–Kier alpha value is -0.650. The number of hydrogen-bond donors (Lipinski definition) is 2.